The molecule has 0 aliphatic carbocycles. The Morgan fingerprint density at radius 2 is 2.09 bits per heavy atom. The van der Waals surface area contributed by atoms with Crippen molar-refractivity contribution in [1.29, 1.82) is 0 Å². The largest absolute Gasteiger partial charge is 0.490 e. The van der Waals surface area contributed by atoms with Gasteiger partial charge in [-0.1, -0.05) is 0 Å². The standard InChI is InChI=1S/C15H16N2O5/c1-9-4-6-13(22-9)10(2)16-15(18)11-5-7-14(21-3)12(8-11)17(19)20/h4-8,10H,1-3H3,(H,16,18). The molecule has 7 nitrogen and oxygen atoms in total. The summed E-state index contributed by atoms with van der Waals surface area (Å²) in [6, 6.07) is 7.29. The van der Waals surface area contributed by atoms with Crippen LogP contribution < -0.4 is 10.1 Å². The number of nitrogens with zero attached hydrogens (tertiary/aromatic N) is 1. The number of hydrogen-bond acceptors (Lipinski definition) is 5. The molecule has 0 saturated heterocycles. The van der Waals surface area contributed by atoms with Crippen LogP contribution in [0.25, 0.3) is 0 Å². The van der Waals surface area contributed by atoms with Gasteiger partial charge in [0.15, 0.2) is 5.75 Å². The van der Waals surface area contributed by atoms with Gasteiger partial charge in [-0.15, -0.1) is 0 Å². The van der Waals surface area contributed by atoms with Gasteiger partial charge in [-0.05, 0) is 38.1 Å². The third-order valence-electron chi connectivity index (χ3n) is 3.17. The predicted molar refractivity (Wildman–Crippen MR) is 79.0 cm³/mol. The van der Waals surface area contributed by atoms with E-state index in [4.69, 9.17) is 9.15 Å². The lowest BCUT2D eigenvalue weighted by Gasteiger charge is -2.12. The summed E-state index contributed by atoms with van der Waals surface area (Å²) in [6.07, 6.45) is 0. The van der Waals surface area contributed by atoms with Crippen molar-refractivity contribution in [3.8, 4) is 5.75 Å². The Kier molecular flexibility index (Phi) is 4.45. The molecule has 0 radical (unpaired) electrons. The van der Waals surface area contributed by atoms with Crippen LogP contribution in [0.5, 0.6) is 5.75 Å². The maximum Gasteiger partial charge on any atom is 0.311 e. The summed E-state index contributed by atoms with van der Waals surface area (Å²) in [7, 11) is 1.34. The molecule has 2 rings (SSSR count). The number of nitro groups is 1. The zero-order valence-electron chi connectivity index (χ0n) is 12.5. The summed E-state index contributed by atoms with van der Waals surface area (Å²) >= 11 is 0. The average molecular weight is 304 g/mol. The third kappa shape index (κ3) is 3.25. The summed E-state index contributed by atoms with van der Waals surface area (Å²) in [5.41, 5.74) is -0.0701. The number of aryl methyl sites for hydroxylation is 1. The molecule has 2 aromatic rings. The zero-order valence-corrected chi connectivity index (χ0v) is 12.5. The minimum atomic E-state index is -0.588. The molecule has 1 aromatic carbocycles. The first kappa shape index (κ1) is 15.6. The third-order valence-corrected chi connectivity index (χ3v) is 3.17. The number of amides is 1. The van der Waals surface area contributed by atoms with Crippen LogP contribution in [0.15, 0.2) is 34.7 Å². The second kappa shape index (κ2) is 6.30. The number of hydrogen-bond donors (Lipinski definition) is 1. The first-order valence-electron chi connectivity index (χ1n) is 6.62. The molecule has 1 unspecified atom stereocenters. The molecule has 1 atom stereocenters. The minimum absolute atomic E-state index is 0.108. The number of nitrogens with one attached hydrogen (secondary N) is 1. The van der Waals surface area contributed by atoms with Crippen molar-refractivity contribution >= 4 is 11.6 Å². The normalized spacial score (nSPS) is 11.8. The van der Waals surface area contributed by atoms with E-state index in [1.54, 1.807) is 19.1 Å². The van der Waals surface area contributed by atoms with E-state index in [0.717, 1.165) is 5.76 Å². The number of ether oxygens (including phenoxy) is 1. The second-order valence-corrected chi connectivity index (χ2v) is 4.79. The van der Waals surface area contributed by atoms with Crippen molar-refractivity contribution in [3.05, 3.63) is 57.5 Å². The Morgan fingerprint density at radius 3 is 2.64 bits per heavy atom. The molecule has 7 heteroatoms. The maximum absolute atomic E-state index is 12.2. The van der Waals surface area contributed by atoms with Gasteiger partial charge in [0.05, 0.1) is 18.1 Å². The fourth-order valence-corrected chi connectivity index (χ4v) is 2.01. The summed E-state index contributed by atoms with van der Waals surface area (Å²) in [6.45, 7) is 3.58. The highest BCUT2D eigenvalue weighted by atomic mass is 16.6. The predicted octanol–water partition coefficient (Wildman–Crippen LogP) is 3.00. The molecule has 1 N–H and O–H groups in total. The first-order chi connectivity index (χ1) is 10.4. The van der Waals surface area contributed by atoms with E-state index in [1.165, 1.54) is 25.3 Å². The Hall–Kier alpha value is -2.83. The molecular weight excluding hydrogens is 288 g/mol. The smallest absolute Gasteiger partial charge is 0.311 e. The number of methoxy groups -OCH3 is 1. The fraction of sp³-hybridized carbons (Fsp3) is 0.267. The number of carbonyl (C=O) groups is 1. The van der Waals surface area contributed by atoms with Gasteiger partial charge in [0.1, 0.15) is 11.5 Å². The number of nitro benzene ring substituents is 1. The quantitative estimate of drug-likeness (QED) is 0.676. The van der Waals surface area contributed by atoms with Crippen LogP contribution in [0.3, 0.4) is 0 Å². The van der Waals surface area contributed by atoms with Gasteiger partial charge in [0.25, 0.3) is 5.91 Å². The van der Waals surface area contributed by atoms with Crippen LogP contribution in [0.4, 0.5) is 5.69 Å². The molecule has 22 heavy (non-hydrogen) atoms. The van der Waals surface area contributed by atoms with Crippen molar-refractivity contribution in [2.24, 2.45) is 0 Å². The summed E-state index contributed by atoms with van der Waals surface area (Å²) in [5.74, 6) is 1.05. The summed E-state index contributed by atoms with van der Waals surface area (Å²) in [5, 5.41) is 13.7. The summed E-state index contributed by atoms with van der Waals surface area (Å²) in [4.78, 5) is 22.6. The Labute approximate surface area is 127 Å². The van der Waals surface area contributed by atoms with Gasteiger partial charge in [0, 0.05) is 11.6 Å². The first-order valence-corrected chi connectivity index (χ1v) is 6.62. The van der Waals surface area contributed by atoms with Crippen LogP contribution in [-0.2, 0) is 0 Å². The number of carbonyl (C=O) groups excluding carboxylic acids is 1. The Morgan fingerprint density at radius 1 is 1.36 bits per heavy atom. The molecule has 0 aliphatic rings. The number of furan rings is 1. The van der Waals surface area contributed by atoms with Crippen LogP contribution in [0, 0.1) is 17.0 Å². The molecule has 1 heterocycles. The lowest BCUT2D eigenvalue weighted by Crippen LogP contribution is -2.26. The van der Waals surface area contributed by atoms with Gasteiger partial charge in [-0.2, -0.15) is 0 Å². The van der Waals surface area contributed by atoms with Gasteiger partial charge in [-0.25, -0.2) is 0 Å². The molecular formula is C15H16N2O5. The van der Waals surface area contributed by atoms with Gasteiger partial charge < -0.3 is 14.5 Å². The molecule has 1 amide bonds. The van der Waals surface area contributed by atoms with Crippen molar-refractivity contribution in [1.82, 2.24) is 5.32 Å². The van der Waals surface area contributed by atoms with E-state index in [1.807, 2.05) is 6.92 Å². The highest BCUT2D eigenvalue weighted by Crippen LogP contribution is 2.27. The molecule has 0 fully saturated rings. The summed E-state index contributed by atoms with van der Waals surface area (Å²) < 4.78 is 10.3. The molecule has 116 valence electrons. The van der Waals surface area contributed by atoms with Crippen LogP contribution in [0.2, 0.25) is 0 Å². The molecule has 0 bridgehead atoms. The SMILES string of the molecule is COc1ccc(C(=O)NC(C)c2ccc(C)o2)cc1[N+](=O)[O-]. The van der Waals surface area contributed by atoms with Crippen LogP contribution in [-0.4, -0.2) is 17.9 Å². The van der Waals surface area contributed by atoms with E-state index >= 15 is 0 Å². The van der Waals surface area contributed by atoms with E-state index in [9.17, 15) is 14.9 Å². The molecule has 1 aromatic heterocycles. The van der Waals surface area contributed by atoms with Gasteiger partial charge in [-0.3, -0.25) is 14.9 Å². The molecule has 0 spiro atoms. The number of rotatable bonds is 5. The Balaban J connectivity index is 2.19. The topological polar surface area (TPSA) is 94.6 Å². The van der Waals surface area contributed by atoms with E-state index in [0.29, 0.717) is 5.76 Å². The van der Waals surface area contributed by atoms with E-state index < -0.39 is 10.8 Å². The number of benzene rings is 1. The average Bonchev–Trinajstić information content (AvgIpc) is 2.93. The highest BCUT2D eigenvalue weighted by molar-refractivity contribution is 5.95. The minimum Gasteiger partial charge on any atom is -0.490 e. The zero-order chi connectivity index (χ0) is 16.3. The van der Waals surface area contributed by atoms with E-state index in [2.05, 4.69) is 5.32 Å². The fourth-order valence-electron chi connectivity index (χ4n) is 2.01. The van der Waals surface area contributed by atoms with E-state index in [-0.39, 0.29) is 23.0 Å². The molecule has 0 aliphatic heterocycles. The van der Waals surface area contributed by atoms with Crippen molar-refractivity contribution in [2.45, 2.75) is 19.9 Å². The van der Waals surface area contributed by atoms with Crippen molar-refractivity contribution in [3.63, 3.8) is 0 Å². The van der Waals surface area contributed by atoms with Crippen molar-refractivity contribution in [2.75, 3.05) is 7.11 Å². The Bertz CT molecular complexity index is 708. The monoisotopic (exact) mass is 304 g/mol. The van der Waals surface area contributed by atoms with Crippen LogP contribution >= 0.6 is 0 Å². The second-order valence-electron chi connectivity index (χ2n) is 4.79. The van der Waals surface area contributed by atoms with Crippen LogP contribution in [0.1, 0.15) is 34.8 Å². The van der Waals surface area contributed by atoms with Gasteiger partial charge in [0.2, 0.25) is 0 Å². The highest BCUT2D eigenvalue weighted by Gasteiger charge is 2.20. The maximum atomic E-state index is 12.2. The lowest BCUT2D eigenvalue weighted by atomic mass is 10.1. The molecule has 0 saturated carbocycles. The van der Waals surface area contributed by atoms with Gasteiger partial charge >= 0.3 is 5.69 Å². The van der Waals surface area contributed by atoms with Crippen molar-refractivity contribution < 1.29 is 18.9 Å². The lowest BCUT2D eigenvalue weighted by molar-refractivity contribution is -0.385.